The van der Waals surface area contributed by atoms with E-state index in [2.05, 4.69) is 10.3 Å². The molecule has 2 aliphatic heterocycles. The molecule has 3 heterocycles. The quantitative estimate of drug-likeness (QED) is 0.390. The lowest BCUT2D eigenvalue weighted by atomic mass is 10.1. The molecule has 1 saturated heterocycles. The molecule has 0 unspecified atom stereocenters. The predicted octanol–water partition coefficient (Wildman–Crippen LogP) is 3.84. The number of aromatic nitrogens is 2. The van der Waals surface area contributed by atoms with Crippen molar-refractivity contribution in [1.82, 2.24) is 19.8 Å². The van der Waals surface area contributed by atoms with Crippen molar-refractivity contribution in [2.24, 2.45) is 0 Å². The second-order valence-corrected chi connectivity index (χ2v) is 9.92. The molecule has 2 aliphatic rings. The highest BCUT2D eigenvalue weighted by Gasteiger charge is 2.28. The van der Waals surface area contributed by atoms with Gasteiger partial charge in [0.1, 0.15) is 17.5 Å². The van der Waals surface area contributed by atoms with E-state index in [9.17, 15) is 19.5 Å². The molecule has 1 fully saturated rings. The zero-order valence-corrected chi connectivity index (χ0v) is 24.0. The molecule has 41 heavy (non-hydrogen) atoms. The van der Waals surface area contributed by atoms with E-state index in [1.54, 1.807) is 45.2 Å². The number of amides is 3. The van der Waals surface area contributed by atoms with Gasteiger partial charge in [0.25, 0.3) is 0 Å². The normalized spacial score (nSPS) is 15.1. The highest BCUT2D eigenvalue weighted by Crippen LogP contribution is 2.28. The minimum absolute atomic E-state index is 0.135. The Morgan fingerprint density at radius 1 is 1.00 bits per heavy atom. The minimum atomic E-state index is -1.07. The Morgan fingerprint density at radius 3 is 2.24 bits per heavy atom. The number of nitrogens with one attached hydrogen (secondary N) is 1. The van der Waals surface area contributed by atoms with Crippen LogP contribution < -0.4 is 19.9 Å². The number of anilines is 3. The summed E-state index contributed by atoms with van der Waals surface area (Å²) >= 11 is 0. The number of carbonyl (C=O) groups excluding carboxylic acids is 2. The molecule has 0 aliphatic carbocycles. The monoisotopic (exact) mass is 565 g/mol. The van der Waals surface area contributed by atoms with Crippen LogP contribution in [0, 0.1) is 0 Å². The first kappa shape index (κ1) is 29.6. The second-order valence-electron chi connectivity index (χ2n) is 9.92. The number of urea groups is 1. The van der Waals surface area contributed by atoms with E-state index in [0.29, 0.717) is 63.2 Å². The van der Waals surface area contributed by atoms with Crippen molar-refractivity contribution in [2.75, 3.05) is 60.9 Å². The summed E-state index contributed by atoms with van der Waals surface area (Å²) in [6.07, 6.45) is 7.16. The fourth-order valence-electron chi connectivity index (χ4n) is 4.90. The number of ether oxygens (including phenoxy) is 1. The van der Waals surface area contributed by atoms with Gasteiger partial charge in [0.05, 0.1) is 6.20 Å². The van der Waals surface area contributed by atoms with Crippen molar-refractivity contribution < 1.29 is 24.2 Å². The molecule has 2 N–H and O–H groups in total. The summed E-state index contributed by atoms with van der Waals surface area (Å²) < 4.78 is 5.46. The third-order valence-electron chi connectivity index (χ3n) is 7.27. The average Bonchev–Trinajstić information content (AvgIpc) is 3.71. The molecule has 0 spiro atoms. The molecule has 1 atom stereocenters. The average molecular weight is 566 g/mol. The van der Waals surface area contributed by atoms with Gasteiger partial charge in [-0.3, -0.25) is 4.90 Å². The number of aliphatic carboxylic acids is 1. The first-order chi connectivity index (χ1) is 19.8. The van der Waals surface area contributed by atoms with Gasteiger partial charge in [0.2, 0.25) is 5.95 Å². The van der Waals surface area contributed by atoms with E-state index in [4.69, 9.17) is 9.72 Å². The summed E-state index contributed by atoms with van der Waals surface area (Å²) in [6, 6.07) is 5.57. The highest BCUT2D eigenvalue weighted by molar-refractivity contribution is 5.95. The smallest absolute Gasteiger partial charge is 0.415 e. The van der Waals surface area contributed by atoms with E-state index >= 15 is 0 Å². The van der Waals surface area contributed by atoms with Gasteiger partial charge >= 0.3 is 18.1 Å². The minimum Gasteiger partial charge on any atom is -0.480 e. The third kappa shape index (κ3) is 7.24. The zero-order chi connectivity index (χ0) is 29.4. The number of nitrogens with zero attached hydrogens (tertiary/aromatic N) is 6. The van der Waals surface area contributed by atoms with Crippen LogP contribution in [-0.4, -0.2) is 94.8 Å². The molecule has 220 valence electrons. The Balaban J connectivity index is 1.56. The molecular weight excluding hydrogens is 526 g/mol. The van der Waals surface area contributed by atoms with Crippen LogP contribution in [0.2, 0.25) is 0 Å². The molecule has 12 nitrogen and oxygen atoms in total. The Bertz CT molecular complexity index is 1230. The molecule has 0 saturated carbocycles. The SMILES string of the molecule is CCN(CC)c1ncc(N(CC)C(=O)N2CC=CC2)c(N[C@@H](Cc2ccc(OC(=O)N3CCCC3)cc2)C(=O)O)n1. The molecule has 12 heteroatoms. The van der Waals surface area contributed by atoms with Crippen LogP contribution >= 0.6 is 0 Å². The number of likely N-dealkylation sites (tertiary alicyclic amines) is 1. The number of carboxylic acids is 1. The van der Waals surface area contributed by atoms with Crippen molar-refractivity contribution >= 4 is 35.5 Å². The van der Waals surface area contributed by atoms with Crippen molar-refractivity contribution in [3.8, 4) is 5.75 Å². The number of rotatable bonds is 11. The van der Waals surface area contributed by atoms with Crippen LogP contribution in [0.4, 0.5) is 27.0 Å². The van der Waals surface area contributed by atoms with Gasteiger partial charge in [0, 0.05) is 52.2 Å². The van der Waals surface area contributed by atoms with Gasteiger partial charge in [-0.25, -0.2) is 19.4 Å². The van der Waals surface area contributed by atoms with E-state index in [0.717, 1.165) is 18.4 Å². The highest BCUT2D eigenvalue weighted by atomic mass is 16.6. The largest absolute Gasteiger partial charge is 0.480 e. The maximum absolute atomic E-state index is 13.3. The summed E-state index contributed by atoms with van der Waals surface area (Å²) in [5, 5.41) is 13.2. The molecule has 0 radical (unpaired) electrons. The van der Waals surface area contributed by atoms with Crippen LogP contribution in [0.25, 0.3) is 0 Å². The topological polar surface area (TPSA) is 131 Å². The third-order valence-corrected chi connectivity index (χ3v) is 7.27. The number of hydrogen-bond donors (Lipinski definition) is 2. The summed E-state index contributed by atoms with van der Waals surface area (Å²) in [7, 11) is 0. The Kier molecular flexibility index (Phi) is 9.99. The van der Waals surface area contributed by atoms with Gasteiger partial charge in [-0.15, -0.1) is 0 Å². The Morgan fingerprint density at radius 2 is 1.66 bits per heavy atom. The van der Waals surface area contributed by atoms with Crippen molar-refractivity contribution in [3.05, 3.63) is 48.2 Å². The Labute approximate surface area is 240 Å². The van der Waals surface area contributed by atoms with Gasteiger partial charge in [-0.1, -0.05) is 24.3 Å². The number of carboxylic acid groups (broad SMARTS) is 1. The Hall–Kier alpha value is -4.35. The summed E-state index contributed by atoms with van der Waals surface area (Å²) in [6.45, 7) is 9.94. The molecular formula is C29H39N7O5. The fraction of sp³-hybridized carbons (Fsp3) is 0.483. The predicted molar refractivity (Wildman–Crippen MR) is 157 cm³/mol. The van der Waals surface area contributed by atoms with Crippen molar-refractivity contribution in [2.45, 2.75) is 46.1 Å². The maximum atomic E-state index is 13.3. The lowest BCUT2D eigenvalue weighted by molar-refractivity contribution is -0.137. The number of hydrogen-bond acceptors (Lipinski definition) is 8. The fourth-order valence-corrected chi connectivity index (χ4v) is 4.90. The van der Waals surface area contributed by atoms with Crippen molar-refractivity contribution in [3.63, 3.8) is 0 Å². The molecule has 2 aromatic rings. The maximum Gasteiger partial charge on any atom is 0.415 e. The standard InChI is InChI=1S/C29H39N7O5/c1-4-33(5-2)27-30-20-24(36(6-3)28(39)34-15-7-8-16-34)25(32-27)31-23(26(37)38)19-21-11-13-22(14-12-21)41-29(40)35-17-9-10-18-35/h7-8,11-14,20,23H,4-6,9-10,15-19H2,1-3H3,(H,37,38)(H,30,31,32)/t23-/m0/s1. The first-order valence-electron chi connectivity index (χ1n) is 14.2. The zero-order valence-electron chi connectivity index (χ0n) is 24.0. The van der Waals surface area contributed by atoms with Crippen LogP contribution in [0.5, 0.6) is 5.75 Å². The van der Waals surface area contributed by atoms with E-state index in [-0.39, 0.29) is 24.4 Å². The first-order valence-corrected chi connectivity index (χ1v) is 14.2. The van der Waals surface area contributed by atoms with E-state index in [1.807, 2.05) is 37.8 Å². The molecule has 1 aromatic carbocycles. The van der Waals surface area contributed by atoms with Gasteiger partial charge < -0.3 is 29.9 Å². The van der Waals surface area contributed by atoms with Crippen LogP contribution in [0.1, 0.15) is 39.2 Å². The summed E-state index contributed by atoms with van der Waals surface area (Å²) in [5.74, 6) is 0.0521. The summed E-state index contributed by atoms with van der Waals surface area (Å²) in [5.41, 5.74) is 1.15. The molecule has 4 rings (SSSR count). The molecule has 3 amide bonds. The van der Waals surface area contributed by atoms with Gasteiger partial charge in [-0.05, 0) is 51.3 Å². The van der Waals surface area contributed by atoms with E-state index < -0.39 is 12.0 Å². The molecule has 1 aromatic heterocycles. The van der Waals surface area contributed by atoms with Crippen molar-refractivity contribution in [1.29, 1.82) is 0 Å². The number of carbonyl (C=O) groups is 3. The summed E-state index contributed by atoms with van der Waals surface area (Å²) in [4.78, 5) is 54.1. The van der Waals surface area contributed by atoms with Gasteiger partial charge in [0.15, 0.2) is 5.82 Å². The van der Waals surface area contributed by atoms with Gasteiger partial charge in [-0.2, -0.15) is 4.98 Å². The lowest BCUT2D eigenvalue weighted by Crippen LogP contribution is -2.43. The molecule has 0 bridgehead atoms. The van der Waals surface area contributed by atoms with Crippen LogP contribution in [0.15, 0.2) is 42.6 Å². The van der Waals surface area contributed by atoms with E-state index in [1.165, 1.54) is 0 Å². The number of benzene rings is 1. The lowest BCUT2D eigenvalue weighted by Gasteiger charge is -2.29. The second kappa shape index (κ2) is 13.8. The van der Waals surface area contributed by atoms with Crippen LogP contribution in [0.3, 0.4) is 0 Å². The van der Waals surface area contributed by atoms with Crippen LogP contribution in [-0.2, 0) is 11.2 Å².